The molecule has 0 radical (unpaired) electrons. The molecule has 0 saturated carbocycles. The van der Waals surface area contributed by atoms with Crippen molar-refractivity contribution < 1.29 is 4.39 Å². The minimum Gasteiger partial charge on any atom is -0.321 e. The fourth-order valence-corrected chi connectivity index (χ4v) is 3.95. The molecule has 3 aromatic rings. The summed E-state index contributed by atoms with van der Waals surface area (Å²) >= 11 is 3.09. The van der Waals surface area contributed by atoms with Gasteiger partial charge in [0, 0.05) is 5.75 Å². The molecule has 0 amide bonds. The molecule has 2 N–H and O–H groups in total. The van der Waals surface area contributed by atoms with E-state index in [2.05, 4.69) is 29.1 Å². The summed E-state index contributed by atoms with van der Waals surface area (Å²) in [4.78, 5) is 0.750. The predicted molar refractivity (Wildman–Crippen MR) is 91.0 cm³/mol. The molecular weight excluding hydrogens is 333 g/mol. The van der Waals surface area contributed by atoms with Gasteiger partial charge in [0.2, 0.25) is 4.96 Å². The molecule has 0 saturated heterocycles. The fraction of sp³-hybridized carbons (Fsp3) is 0.400. The Morgan fingerprint density at radius 1 is 1.30 bits per heavy atom. The fourth-order valence-electron chi connectivity index (χ4n) is 2.11. The first-order chi connectivity index (χ1) is 11.1. The molecule has 0 aliphatic carbocycles. The zero-order valence-corrected chi connectivity index (χ0v) is 14.6. The van der Waals surface area contributed by atoms with Crippen LogP contribution in [0.25, 0.3) is 4.96 Å². The van der Waals surface area contributed by atoms with Gasteiger partial charge in [-0.15, -0.1) is 15.3 Å². The van der Waals surface area contributed by atoms with E-state index in [0.717, 1.165) is 27.0 Å². The topological polar surface area (TPSA) is 69.1 Å². The number of hydrogen-bond acceptors (Lipinski definition) is 6. The van der Waals surface area contributed by atoms with Crippen LogP contribution in [0.15, 0.2) is 28.6 Å². The summed E-state index contributed by atoms with van der Waals surface area (Å²) in [6, 6.07) is 6.34. The first kappa shape index (κ1) is 16.4. The van der Waals surface area contributed by atoms with Crippen LogP contribution in [0.5, 0.6) is 0 Å². The number of nitrogens with two attached hydrogens (primary N) is 1. The Morgan fingerprint density at radius 3 is 2.74 bits per heavy atom. The Kier molecular flexibility index (Phi) is 4.93. The van der Waals surface area contributed by atoms with Crippen molar-refractivity contribution in [1.82, 2.24) is 19.8 Å². The van der Waals surface area contributed by atoms with Crippen molar-refractivity contribution in [2.45, 2.75) is 36.4 Å². The summed E-state index contributed by atoms with van der Waals surface area (Å²) in [6.45, 7) is 4.20. The van der Waals surface area contributed by atoms with E-state index < -0.39 is 0 Å². The van der Waals surface area contributed by atoms with E-state index in [1.54, 1.807) is 28.4 Å². The number of fused-ring (bicyclic) bond motifs is 1. The molecule has 1 aromatic carbocycles. The number of thioether (sulfide) groups is 1. The van der Waals surface area contributed by atoms with E-state index in [-0.39, 0.29) is 11.9 Å². The van der Waals surface area contributed by atoms with Gasteiger partial charge < -0.3 is 5.73 Å². The first-order valence-corrected chi connectivity index (χ1v) is 9.23. The number of aromatic nitrogens is 4. The van der Waals surface area contributed by atoms with Gasteiger partial charge in [0.15, 0.2) is 10.2 Å². The van der Waals surface area contributed by atoms with Gasteiger partial charge in [-0.1, -0.05) is 55.5 Å². The summed E-state index contributed by atoms with van der Waals surface area (Å²) in [5.41, 5.74) is 7.30. The quantitative estimate of drug-likeness (QED) is 0.686. The number of rotatable bonds is 6. The average Bonchev–Trinajstić information content (AvgIpc) is 3.13. The molecule has 8 heteroatoms. The maximum Gasteiger partial charge on any atom is 0.235 e. The third-order valence-electron chi connectivity index (χ3n) is 3.83. The Balaban J connectivity index is 1.75. The highest BCUT2D eigenvalue weighted by molar-refractivity contribution is 8.00. The molecule has 0 bridgehead atoms. The highest BCUT2D eigenvalue weighted by Crippen LogP contribution is 2.29. The van der Waals surface area contributed by atoms with Crippen LogP contribution in [0.1, 0.15) is 37.7 Å². The highest BCUT2D eigenvalue weighted by Gasteiger charge is 2.21. The molecule has 3 rings (SSSR count). The summed E-state index contributed by atoms with van der Waals surface area (Å²) in [6.07, 6.45) is 0.979. The minimum atomic E-state index is -0.221. The normalized spacial score (nSPS) is 14.3. The van der Waals surface area contributed by atoms with Crippen molar-refractivity contribution in [2.75, 3.05) is 0 Å². The zero-order valence-electron chi connectivity index (χ0n) is 12.9. The summed E-state index contributed by atoms with van der Waals surface area (Å²) < 4.78 is 15.6. The molecule has 0 spiro atoms. The molecule has 2 aromatic heterocycles. The lowest BCUT2D eigenvalue weighted by molar-refractivity contribution is 0.431. The van der Waals surface area contributed by atoms with E-state index in [0.29, 0.717) is 11.7 Å². The van der Waals surface area contributed by atoms with Gasteiger partial charge in [-0.25, -0.2) is 4.39 Å². The molecule has 0 aliphatic heterocycles. The lowest BCUT2D eigenvalue weighted by atomic mass is 10.00. The highest BCUT2D eigenvalue weighted by atomic mass is 32.2. The van der Waals surface area contributed by atoms with Crippen LogP contribution in [0.4, 0.5) is 4.39 Å². The van der Waals surface area contributed by atoms with Crippen molar-refractivity contribution in [3.63, 3.8) is 0 Å². The van der Waals surface area contributed by atoms with Crippen LogP contribution in [-0.2, 0) is 5.75 Å². The van der Waals surface area contributed by atoms with E-state index in [4.69, 9.17) is 5.73 Å². The predicted octanol–water partition coefficient (Wildman–Crippen LogP) is 3.66. The number of benzene rings is 1. The van der Waals surface area contributed by atoms with Gasteiger partial charge >= 0.3 is 0 Å². The Morgan fingerprint density at radius 2 is 2.04 bits per heavy atom. The molecule has 2 atom stereocenters. The molecular formula is C15H18FN5S2. The third-order valence-corrected chi connectivity index (χ3v) is 5.93. The Bertz CT molecular complexity index is 783. The zero-order chi connectivity index (χ0) is 16.4. The second-order valence-corrected chi connectivity index (χ2v) is 7.63. The van der Waals surface area contributed by atoms with E-state index in [9.17, 15) is 4.39 Å². The third kappa shape index (κ3) is 3.54. The molecule has 2 heterocycles. The van der Waals surface area contributed by atoms with E-state index >= 15 is 0 Å². The Hall–Kier alpha value is -1.51. The van der Waals surface area contributed by atoms with Crippen LogP contribution in [-0.4, -0.2) is 19.8 Å². The van der Waals surface area contributed by atoms with Crippen molar-refractivity contribution >= 4 is 28.1 Å². The van der Waals surface area contributed by atoms with Crippen LogP contribution < -0.4 is 5.73 Å². The monoisotopic (exact) mass is 351 g/mol. The van der Waals surface area contributed by atoms with E-state index in [1.807, 2.05) is 0 Å². The maximum absolute atomic E-state index is 12.9. The van der Waals surface area contributed by atoms with Gasteiger partial charge in [0.25, 0.3) is 0 Å². The van der Waals surface area contributed by atoms with Crippen molar-refractivity contribution in [3.05, 3.63) is 41.5 Å². The molecule has 0 aliphatic rings. The van der Waals surface area contributed by atoms with E-state index in [1.165, 1.54) is 23.5 Å². The van der Waals surface area contributed by atoms with Crippen molar-refractivity contribution in [3.8, 4) is 0 Å². The second-order valence-electron chi connectivity index (χ2n) is 5.45. The van der Waals surface area contributed by atoms with Crippen molar-refractivity contribution in [1.29, 1.82) is 0 Å². The standard InChI is InChI=1S/C15H18FN5S2/c1-3-9(2)12(17)13-18-19-14-21(13)20-15(23-14)22-8-10-4-6-11(16)7-5-10/h4-7,9,12H,3,8,17H2,1-2H3/t9-,12-/m0/s1. The van der Waals surface area contributed by atoms with Crippen LogP contribution >= 0.6 is 23.1 Å². The molecule has 23 heavy (non-hydrogen) atoms. The molecule has 0 unspecified atom stereocenters. The van der Waals surface area contributed by atoms with Crippen LogP contribution in [0.3, 0.4) is 0 Å². The minimum absolute atomic E-state index is 0.174. The number of halogens is 1. The largest absolute Gasteiger partial charge is 0.321 e. The van der Waals surface area contributed by atoms with Crippen LogP contribution in [0, 0.1) is 11.7 Å². The smallest absolute Gasteiger partial charge is 0.235 e. The Labute approximate surface area is 142 Å². The summed E-state index contributed by atoms with van der Waals surface area (Å²) in [5, 5.41) is 12.9. The first-order valence-electron chi connectivity index (χ1n) is 7.43. The molecule has 0 fully saturated rings. The lowest BCUT2D eigenvalue weighted by Gasteiger charge is -2.15. The van der Waals surface area contributed by atoms with Gasteiger partial charge in [0.1, 0.15) is 5.82 Å². The lowest BCUT2D eigenvalue weighted by Crippen LogP contribution is -2.21. The molecule has 122 valence electrons. The van der Waals surface area contributed by atoms with Gasteiger partial charge in [-0.3, -0.25) is 0 Å². The number of nitrogens with zero attached hydrogens (tertiary/aromatic N) is 4. The van der Waals surface area contributed by atoms with Gasteiger partial charge in [-0.05, 0) is 23.6 Å². The van der Waals surface area contributed by atoms with Crippen molar-refractivity contribution in [2.24, 2.45) is 11.7 Å². The molecule has 5 nitrogen and oxygen atoms in total. The number of hydrogen-bond donors (Lipinski definition) is 1. The van der Waals surface area contributed by atoms with Gasteiger partial charge in [0.05, 0.1) is 6.04 Å². The van der Waals surface area contributed by atoms with Crippen LogP contribution in [0.2, 0.25) is 0 Å². The SMILES string of the molecule is CC[C@H](C)[C@H](N)c1nnc2sc(SCc3ccc(F)cc3)nn12. The summed E-state index contributed by atoms with van der Waals surface area (Å²) in [5.74, 6) is 1.54. The summed E-state index contributed by atoms with van der Waals surface area (Å²) in [7, 11) is 0. The van der Waals surface area contributed by atoms with Gasteiger partial charge in [-0.2, -0.15) is 4.52 Å². The maximum atomic E-state index is 12.9. The average molecular weight is 351 g/mol. The second kappa shape index (κ2) is 6.94.